The first-order valence-corrected chi connectivity index (χ1v) is 12.9. The van der Waals surface area contributed by atoms with Crippen LogP contribution < -0.4 is 15.4 Å². The minimum Gasteiger partial charge on any atom is -0.497 e. The van der Waals surface area contributed by atoms with Crippen LogP contribution in [-0.4, -0.2) is 58.6 Å². The van der Waals surface area contributed by atoms with Crippen molar-refractivity contribution >= 4 is 17.7 Å². The van der Waals surface area contributed by atoms with Crippen LogP contribution in [0.3, 0.4) is 0 Å². The lowest BCUT2D eigenvalue weighted by Gasteiger charge is -2.34. The Morgan fingerprint density at radius 1 is 1.03 bits per heavy atom. The zero-order valence-corrected chi connectivity index (χ0v) is 22.1. The average Bonchev–Trinajstić information content (AvgIpc) is 3.29. The number of benzene rings is 2. The van der Waals surface area contributed by atoms with Crippen LogP contribution in [0.4, 0.5) is 0 Å². The number of hydrogen-bond donors (Lipinski definition) is 2. The maximum absolute atomic E-state index is 13.6. The molecule has 1 fully saturated rings. The molecule has 0 spiro atoms. The van der Waals surface area contributed by atoms with Crippen molar-refractivity contribution in [1.29, 1.82) is 0 Å². The molecule has 2 aromatic carbocycles. The summed E-state index contributed by atoms with van der Waals surface area (Å²) in [7, 11) is 3.32. The van der Waals surface area contributed by atoms with Crippen molar-refractivity contribution in [1.82, 2.24) is 25.3 Å². The van der Waals surface area contributed by atoms with Gasteiger partial charge in [-0.1, -0.05) is 42.5 Å². The van der Waals surface area contributed by atoms with E-state index in [1.807, 2.05) is 61.5 Å². The van der Waals surface area contributed by atoms with Gasteiger partial charge in [0.1, 0.15) is 17.5 Å². The molecular formula is C29H35N5O4. The number of methoxy groups -OCH3 is 1. The van der Waals surface area contributed by atoms with E-state index in [0.717, 1.165) is 22.6 Å². The zero-order chi connectivity index (χ0) is 27.1. The highest BCUT2D eigenvalue weighted by molar-refractivity contribution is 5.96. The molecule has 200 valence electrons. The summed E-state index contributed by atoms with van der Waals surface area (Å²) in [4.78, 5) is 41.2. The molecule has 1 aliphatic heterocycles. The number of rotatable bonds is 9. The Morgan fingerprint density at radius 3 is 2.39 bits per heavy atom. The summed E-state index contributed by atoms with van der Waals surface area (Å²) in [5.41, 5.74) is 3.06. The molecule has 4 rings (SSSR count). The van der Waals surface area contributed by atoms with Crippen molar-refractivity contribution in [2.24, 2.45) is 13.0 Å². The first-order valence-electron chi connectivity index (χ1n) is 12.9. The molecule has 9 heteroatoms. The maximum Gasteiger partial charge on any atom is 0.270 e. The number of carbonyl (C=O) groups is 3. The molecule has 1 atom stereocenters. The van der Waals surface area contributed by atoms with Crippen molar-refractivity contribution < 1.29 is 19.1 Å². The fourth-order valence-corrected chi connectivity index (χ4v) is 4.80. The summed E-state index contributed by atoms with van der Waals surface area (Å²) < 4.78 is 6.76. The normalized spacial score (nSPS) is 14.6. The van der Waals surface area contributed by atoms with Gasteiger partial charge in [0.25, 0.3) is 5.91 Å². The van der Waals surface area contributed by atoms with Gasteiger partial charge >= 0.3 is 0 Å². The fraction of sp³-hybridized carbons (Fsp3) is 0.379. The van der Waals surface area contributed by atoms with E-state index < -0.39 is 6.04 Å². The Bertz CT molecular complexity index is 1260. The highest BCUT2D eigenvalue weighted by atomic mass is 16.5. The second-order valence-electron chi connectivity index (χ2n) is 9.68. The van der Waals surface area contributed by atoms with E-state index in [2.05, 4.69) is 15.7 Å². The van der Waals surface area contributed by atoms with Gasteiger partial charge in [0.15, 0.2) is 0 Å². The number of aryl methyl sites for hydroxylation is 2. The van der Waals surface area contributed by atoms with Gasteiger partial charge < -0.3 is 20.3 Å². The number of amides is 3. The number of nitrogens with zero attached hydrogens (tertiary/aromatic N) is 3. The molecule has 2 heterocycles. The SMILES string of the molecule is COc1cccc(CNC(=O)C2CCN(C(=O)[C@@H](Cc3ccccc3)NC(=O)c3cc(C)nn3C)CC2)c1. The summed E-state index contributed by atoms with van der Waals surface area (Å²) in [5.74, 6) is 0.0923. The molecule has 9 nitrogen and oxygen atoms in total. The van der Waals surface area contributed by atoms with Gasteiger partial charge in [-0.3, -0.25) is 19.1 Å². The number of piperidine rings is 1. The zero-order valence-electron chi connectivity index (χ0n) is 22.1. The summed E-state index contributed by atoms with van der Waals surface area (Å²) in [5, 5.41) is 10.2. The van der Waals surface area contributed by atoms with Crippen LogP contribution in [-0.2, 0) is 29.6 Å². The van der Waals surface area contributed by atoms with Crippen LogP contribution >= 0.6 is 0 Å². The minimum atomic E-state index is -0.724. The minimum absolute atomic E-state index is 0.0133. The Kier molecular flexibility index (Phi) is 8.78. The predicted molar refractivity (Wildman–Crippen MR) is 143 cm³/mol. The van der Waals surface area contributed by atoms with Gasteiger partial charge in [-0.05, 0) is 49.1 Å². The lowest BCUT2D eigenvalue weighted by molar-refractivity contribution is -0.137. The summed E-state index contributed by atoms with van der Waals surface area (Å²) >= 11 is 0. The van der Waals surface area contributed by atoms with Gasteiger partial charge in [-0.2, -0.15) is 5.10 Å². The van der Waals surface area contributed by atoms with Crippen molar-refractivity contribution in [2.75, 3.05) is 20.2 Å². The van der Waals surface area contributed by atoms with Crippen molar-refractivity contribution in [3.63, 3.8) is 0 Å². The number of ether oxygens (including phenoxy) is 1. The van der Waals surface area contributed by atoms with Gasteiger partial charge in [0, 0.05) is 39.0 Å². The molecule has 1 aromatic heterocycles. The average molecular weight is 518 g/mol. The first kappa shape index (κ1) is 26.9. The van der Waals surface area contributed by atoms with Gasteiger partial charge in [-0.15, -0.1) is 0 Å². The number of carbonyl (C=O) groups excluding carboxylic acids is 3. The van der Waals surface area contributed by atoms with Crippen molar-refractivity contribution in [2.45, 2.75) is 38.8 Å². The lowest BCUT2D eigenvalue weighted by Crippen LogP contribution is -2.52. The molecule has 0 bridgehead atoms. The first-order chi connectivity index (χ1) is 18.3. The van der Waals surface area contributed by atoms with E-state index in [0.29, 0.717) is 44.6 Å². The molecule has 1 aliphatic rings. The van der Waals surface area contributed by atoms with Crippen LogP contribution in [0.25, 0.3) is 0 Å². The Hall–Kier alpha value is -4.14. The highest BCUT2D eigenvalue weighted by Gasteiger charge is 2.32. The number of hydrogen-bond acceptors (Lipinski definition) is 5. The molecule has 0 unspecified atom stereocenters. The standard InChI is InChI=1S/C29H35N5O4/c1-20-16-26(33(2)32-20)28(36)31-25(18-21-8-5-4-6-9-21)29(37)34-14-12-23(13-15-34)27(35)30-19-22-10-7-11-24(17-22)38-3/h4-11,16-17,23,25H,12-15,18-19H2,1-3H3,(H,30,35)(H,31,36)/t25-/m1/s1. The fourth-order valence-electron chi connectivity index (χ4n) is 4.80. The third-order valence-corrected chi connectivity index (χ3v) is 6.90. The Morgan fingerprint density at radius 2 is 1.74 bits per heavy atom. The summed E-state index contributed by atoms with van der Waals surface area (Å²) in [6, 6.07) is 18.2. The summed E-state index contributed by atoms with van der Waals surface area (Å²) in [6.07, 6.45) is 1.52. The summed E-state index contributed by atoms with van der Waals surface area (Å²) in [6.45, 7) is 3.17. The Balaban J connectivity index is 1.36. The van der Waals surface area contributed by atoms with Crippen molar-refractivity contribution in [3.05, 3.63) is 83.2 Å². The molecule has 38 heavy (non-hydrogen) atoms. The molecule has 0 saturated carbocycles. The monoisotopic (exact) mass is 517 g/mol. The van der Waals surface area contributed by atoms with Crippen LogP contribution in [0.1, 0.15) is 40.2 Å². The van der Waals surface area contributed by atoms with E-state index in [-0.39, 0.29) is 23.6 Å². The number of nitrogens with one attached hydrogen (secondary N) is 2. The molecule has 0 aliphatic carbocycles. The second-order valence-corrected chi connectivity index (χ2v) is 9.68. The largest absolute Gasteiger partial charge is 0.497 e. The van der Waals surface area contributed by atoms with Crippen LogP contribution in [0.2, 0.25) is 0 Å². The third kappa shape index (κ3) is 6.79. The number of likely N-dealkylation sites (tertiary alicyclic amines) is 1. The molecule has 2 N–H and O–H groups in total. The topological polar surface area (TPSA) is 106 Å². The van der Waals surface area contributed by atoms with E-state index in [9.17, 15) is 14.4 Å². The number of aromatic nitrogens is 2. The molecule has 3 amide bonds. The van der Waals surface area contributed by atoms with Crippen LogP contribution in [0, 0.1) is 12.8 Å². The Labute approximate surface area is 223 Å². The van der Waals surface area contributed by atoms with E-state index >= 15 is 0 Å². The van der Waals surface area contributed by atoms with E-state index in [4.69, 9.17) is 4.74 Å². The van der Waals surface area contributed by atoms with Gasteiger partial charge in [-0.25, -0.2) is 0 Å². The second kappa shape index (κ2) is 12.4. The van der Waals surface area contributed by atoms with Crippen molar-refractivity contribution in [3.8, 4) is 5.75 Å². The molecule has 1 saturated heterocycles. The van der Waals surface area contributed by atoms with Crippen LogP contribution in [0.5, 0.6) is 5.75 Å². The van der Waals surface area contributed by atoms with E-state index in [1.165, 1.54) is 4.68 Å². The lowest BCUT2D eigenvalue weighted by atomic mass is 9.94. The van der Waals surface area contributed by atoms with Gasteiger partial charge in [0.05, 0.1) is 12.8 Å². The molecule has 3 aromatic rings. The molecule has 0 radical (unpaired) electrons. The smallest absolute Gasteiger partial charge is 0.270 e. The van der Waals surface area contributed by atoms with Crippen LogP contribution in [0.15, 0.2) is 60.7 Å². The maximum atomic E-state index is 13.6. The van der Waals surface area contributed by atoms with E-state index in [1.54, 1.807) is 25.1 Å². The predicted octanol–water partition coefficient (Wildman–Crippen LogP) is 2.63. The van der Waals surface area contributed by atoms with Gasteiger partial charge in [0.2, 0.25) is 11.8 Å². The quantitative estimate of drug-likeness (QED) is 0.454. The third-order valence-electron chi connectivity index (χ3n) is 6.90. The highest BCUT2D eigenvalue weighted by Crippen LogP contribution is 2.20. The molecular weight excluding hydrogens is 482 g/mol.